The molecule has 436 valence electrons. The van der Waals surface area contributed by atoms with Gasteiger partial charge in [-0.05, 0) is 82.8 Å². The van der Waals surface area contributed by atoms with Crippen molar-refractivity contribution in [2.24, 2.45) is 0 Å². The third kappa shape index (κ3) is 9.58. The van der Waals surface area contributed by atoms with Crippen LogP contribution in [0.15, 0.2) is 109 Å². The van der Waals surface area contributed by atoms with Crippen LogP contribution in [-0.2, 0) is 19.3 Å². The van der Waals surface area contributed by atoms with Gasteiger partial charge in [0.1, 0.15) is 81.6 Å². The molecule has 3 aliphatic heterocycles. The van der Waals surface area contributed by atoms with Crippen molar-refractivity contribution in [2.75, 3.05) is 0 Å². The lowest BCUT2D eigenvalue weighted by atomic mass is 9.71. The van der Waals surface area contributed by atoms with E-state index >= 15 is 0 Å². The first-order valence-corrected chi connectivity index (χ1v) is 25.9. The highest BCUT2D eigenvalue weighted by molar-refractivity contribution is 5.67. The predicted octanol–water partition coefficient (Wildman–Crippen LogP) is 6.20. The molecule has 1 aliphatic carbocycles. The Balaban J connectivity index is 0.000000175. The topological polar surface area (TPSA) is 432 Å². The van der Waals surface area contributed by atoms with E-state index in [0.717, 1.165) is 24.3 Å². The van der Waals surface area contributed by atoms with Crippen molar-refractivity contribution in [1.29, 1.82) is 0 Å². The van der Waals surface area contributed by atoms with Crippen LogP contribution >= 0.6 is 0 Å². The Hall–Kier alpha value is -10.2. The number of benzene rings is 8. The van der Waals surface area contributed by atoms with E-state index in [0.29, 0.717) is 22.3 Å². The minimum Gasteiger partial charge on any atom is -0.508 e. The third-order valence-electron chi connectivity index (χ3n) is 15.9. The minimum atomic E-state index is -1.60. The molecular formula is C61H54O23. The summed E-state index contributed by atoms with van der Waals surface area (Å²) in [6.07, 6.45) is -9.08. The van der Waals surface area contributed by atoms with Crippen LogP contribution in [0.2, 0.25) is 0 Å². The molecule has 0 aromatic heterocycles. The van der Waals surface area contributed by atoms with Crippen molar-refractivity contribution in [2.45, 2.75) is 79.7 Å². The Kier molecular flexibility index (Phi) is 13.9. The van der Waals surface area contributed by atoms with Gasteiger partial charge in [-0.25, -0.2) is 0 Å². The second kappa shape index (κ2) is 21.0. The summed E-state index contributed by atoms with van der Waals surface area (Å²) in [5, 5.41) is 211. The summed E-state index contributed by atoms with van der Waals surface area (Å²) in [5.41, 5.74) is 1.94. The summed E-state index contributed by atoms with van der Waals surface area (Å²) in [6.45, 7) is 0. The molecule has 0 fully saturated rings. The smallest absolute Gasteiger partial charge is 0.157 e. The van der Waals surface area contributed by atoms with E-state index in [1.807, 2.05) is 0 Å². The van der Waals surface area contributed by atoms with E-state index in [9.17, 15) is 102 Å². The predicted molar refractivity (Wildman–Crippen MR) is 290 cm³/mol. The van der Waals surface area contributed by atoms with E-state index in [-0.39, 0.29) is 110 Å². The molecule has 0 amide bonds. The monoisotopic (exact) mass is 1150 g/mol. The number of hydrogen-bond acceptors (Lipinski definition) is 23. The molecule has 8 aromatic carbocycles. The number of phenolic OH excluding ortho intramolecular Hbond substituents is 16. The van der Waals surface area contributed by atoms with E-state index < -0.39 is 118 Å². The van der Waals surface area contributed by atoms with Gasteiger partial charge in [-0.2, -0.15) is 0 Å². The molecule has 84 heavy (non-hydrogen) atoms. The van der Waals surface area contributed by atoms with Gasteiger partial charge in [-0.15, -0.1) is 0 Å². The number of phenols is 16. The van der Waals surface area contributed by atoms with E-state index in [4.69, 9.17) is 14.2 Å². The van der Waals surface area contributed by atoms with Gasteiger partial charge in [0, 0.05) is 88.5 Å². The van der Waals surface area contributed by atoms with Crippen molar-refractivity contribution in [1.82, 2.24) is 0 Å². The molecule has 0 saturated carbocycles. The largest absolute Gasteiger partial charge is 0.508 e. The van der Waals surface area contributed by atoms with Crippen molar-refractivity contribution < 1.29 is 116 Å². The molecule has 8 aromatic rings. The van der Waals surface area contributed by atoms with Crippen molar-refractivity contribution in [3.05, 3.63) is 170 Å². The van der Waals surface area contributed by atoms with Gasteiger partial charge in [-0.3, -0.25) is 0 Å². The number of aliphatic hydroxyl groups excluding tert-OH is 4. The number of aliphatic hydroxyl groups is 4. The Bertz CT molecular complexity index is 3930. The molecular weight excluding hydrogens is 1100 g/mol. The summed E-state index contributed by atoms with van der Waals surface area (Å²) in [4.78, 5) is 0. The number of hydrogen-bond donors (Lipinski definition) is 20. The molecule has 3 heterocycles. The van der Waals surface area contributed by atoms with Crippen molar-refractivity contribution in [3.8, 4) is 109 Å². The van der Waals surface area contributed by atoms with Gasteiger partial charge < -0.3 is 116 Å². The van der Waals surface area contributed by atoms with E-state index in [1.54, 1.807) is 0 Å². The minimum absolute atomic E-state index is 0.00771. The lowest BCUT2D eigenvalue weighted by Crippen LogP contribution is -2.37. The molecule has 12 rings (SSSR count). The highest BCUT2D eigenvalue weighted by atomic mass is 16.5. The van der Waals surface area contributed by atoms with Gasteiger partial charge in [-0.1, -0.05) is 24.3 Å². The van der Waals surface area contributed by atoms with Crippen LogP contribution < -0.4 is 14.2 Å². The Morgan fingerprint density at radius 2 is 0.679 bits per heavy atom. The molecule has 0 unspecified atom stereocenters. The van der Waals surface area contributed by atoms with Crippen LogP contribution in [0.4, 0.5) is 0 Å². The zero-order valence-electron chi connectivity index (χ0n) is 43.5. The second-order valence-electron chi connectivity index (χ2n) is 21.1. The first kappa shape index (κ1) is 55.7. The van der Waals surface area contributed by atoms with Gasteiger partial charge >= 0.3 is 0 Å². The van der Waals surface area contributed by atoms with Crippen LogP contribution in [0.25, 0.3) is 0 Å². The first-order valence-electron chi connectivity index (χ1n) is 25.9. The van der Waals surface area contributed by atoms with Crippen LogP contribution in [0.3, 0.4) is 0 Å². The fourth-order valence-corrected chi connectivity index (χ4v) is 11.9. The summed E-state index contributed by atoms with van der Waals surface area (Å²) in [7, 11) is 0. The standard InChI is InChI=1S/C31H28O11.C30H26O12/c32-14-7-24(39)28-26(8-14)42-31(13-2-4-19(34)23(38)6-13)30(41)29(28)27-17-9-15(12-1-3-18(33)22(37)5-12)20(35)10-16(17)21(36)11-25(27)40;31-13-7-19(36)24-23(8-13)42-30(12-2-4-16(33)18(35)6-12)28(40)26(24)25-20(37)10-22-14(27(25)39)9-21(38)29(41-22)11-1-3-15(32)17(34)5-11/h1-8,11,15,20,29-41H,9-10H2;1-8,10,21,26,28-40H,9H2/t15-,20+,29-,30+,31-;21-,26+,28-,29-,30-/m11/s1. The molecule has 0 radical (unpaired) electrons. The van der Waals surface area contributed by atoms with Crippen LogP contribution in [-0.4, -0.2) is 127 Å². The average molecular weight is 1160 g/mol. The van der Waals surface area contributed by atoms with Gasteiger partial charge in [0.05, 0.1) is 24.0 Å². The number of aromatic hydroxyl groups is 16. The first-order chi connectivity index (χ1) is 39.9. The molecule has 10 atom stereocenters. The van der Waals surface area contributed by atoms with Gasteiger partial charge in [0.25, 0.3) is 0 Å². The fraction of sp³-hybridized carbons (Fsp3) is 0.213. The molecule has 0 bridgehead atoms. The molecule has 4 aliphatic rings. The van der Waals surface area contributed by atoms with E-state index in [1.165, 1.54) is 84.9 Å². The zero-order chi connectivity index (χ0) is 60.1. The fourth-order valence-electron chi connectivity index (χ4n) is 11.9. The second-order valence-corrected chi connectivity index (χ2v) is 21.1. The molecule has 20 N–H and O–H groups in total. The third-order valence-corrected chi connectivity index (χ3v) is 15.9. The summed E-state index contributed by atoms with van der Waals surface area (Å²) in [5.74, 6) is -9.99. The van der Waals surface area contributed by atoms with Crippen LogP contribution in [0, 0.1) is 0 Å². The van der Waals surface area contributed by atoms with Crippen molar-refractivity contribution in [3.63, 3.8) is 0 Å². The van der Waals surface area contributed by atoms with Crippen LogP contribution in [0.1, 0.15) is 97.3 Å². The highest BCUT2D eigenvalue weighted by Crippen LogP contribution is 2.59. The SMILES string of the molecule is Oc1cc(O)c2c(c1)O[C@H](c1ccc(O)c(O)c1)[C@@H](O)[C@@H]2c1c(O)cc(O)c2c1C[C@H](c1ccc(O)c(O)c1)[C@@H](O)C2.Oc1cc(O)c2c(c1)O[C@H](c1ccc(O)c(O)c1)[C@H](O)[C@@H]2c1c(O)cc2c(c1O)C[C@@H](O)[C@@H](c1ccc(O)c(O)c1)O2. The lowest BCUT2D eigenvalue weighted by molar-refractivity contribution is 0.00573. The maximum Gasteiger partial charge on any atom is 0.157 e. The number of ether oxygens (including phenoxy) is 3. The zero-order valence-corrected chi connectivity index (χ0v) is 43.5. The molecule has 0 spiro atoms. The number of fused-ring (bicyclic) bond motifs is 4. The van der Waals surface area contributed by atoms with Crippen LogP contribution in [0.5, 0.6) is 109 Å². The van der Waals surface area contributed by atoms with E-state index in [2.05, 4.69) is 0 Å². The summed E-state index contributed by atoms with van der Waals surface area (Å²) in [6, 6.07) is 22.3. The lowest BCUT2D eigenvalue weighted by Gasteiger charge is -2.40. The molecule has 23 nitrogen and oxygen atoms in total. The maximum atomic E-state index is 11.8. The van der Waals surface area contributed by atoms with Gasteiger partial charge in [0.15, 0.2) is 58.2 Å². The Morgan fingerprint density at radius 1 is 0.286 bits per heavy atom. The summed E-state index contributed by atoms with van der Waals surface area (Å²) < 4.78 is 17.8. The van der Waals surface area contributed by atoms with Gasteiger partial charge in [0.2, 0.25) is 0 Å². The van der Waals surface area contributed by atoms with Crippen molar-refractivity contribution >= 4 is 0 Å². The molecule has 23 heteroatoms. The Morgan fingerprint density at radius 3 is 1.15 bits per heavy atom. The normalized spacial score (nSPS) is 23.0. The quantitative estimate of drug-likeness (QED) is 0.0824. The maximum absolute atomic E-state index is 11.8. The number of rotatable bonds is 6. The highest BCUT2D eigenvalue weighted by Gasteiger charge is 2.48. The molecule has 0 saturated heterocycles. The Labute approximate surface area is 474 Å². The average Bonchev–Trinajstić information content (AvgIpc) is 0.897. The summed E-state index contributed by atoms with van der Waals surface area (Å²) >= 11 is 0.